The van der Waals surface area contributed by atoms with Crippen molar-refractivity contribution in [2.75, 3.05) is 13.2 Å². The molecule has 102 valence electrons. The zero-order chi connectivity index (χ0) is 13.5. The zero-order valence-electron chi connectivity index (χ0n) is 11.4. The van der Waals surface area contributed by atoms with Gasteiger partial charge < -0.3 is 9.52 Å². The lowest BCUT2D eigenvalue weighted by atomic mass is 10.1. The van der Waals surface area contributed by atoms with Crippen LogP contribution >= 0.6 is 0 Å². The van der Waals surface area contributed by atoms with E-state index in [1.54, 1.807) is 12.5 Å². The van der Waals surface area contributed by atoms with Gasteiger partial charge in [0.15, 0.2) is 0 Å². The monoisotopic (exact) mass is 259 g/mol. The van der Waals surface area contributed by atoms with Gasteiger partial charge in [-0.05, 0) is 25.0 Å². The van der Waals surface area contributed by atoms with E-state index in [2.05, 4.69) is 36.1 Å². The fraction of sp³-hybridized carbons (Fsp3) is 0.375. The van der Waals surface area contributed by atoms with Gasteiger partial charge in [0.25, 0.3) is 0 Å². The molecule has 0 spiro atoms. The maximum Gasteiger partial charge on any atom is 0.0947 e. The number of aryl methyl sites for hydroxylation is 1. The van der Waals surface area contributed by atoms with E-state index in [9.17, 15) is 0 Å². The van der Waals surface area contributed by atoms with E-state index in [0.717, 1.165) is 26.1 Å². The van der Waals surface area contributed by atoms with Gasteiger partial charge in [0, 0.05) is 31.8 Å². The lowest BCUT2D eigenvalue weighted by molar-refractivity contribution is 0.212. The molecule has 2 rings (SSSR count). The second-order valence-corrected chi connectivity index (χ2v) is 4.91. The first-order chi connectivity index (χ1) is 9.28. The minimum absolute atomic E-state index is 0.232. The molecule has 3 nitrogen and oxygen atoms in total. The lowest BCUT2D eigenvalue weighted by Gasteiger charge is -2.21. The molecular formula is C16H21NO2. The molecular weight excluding hydrogens is 238 g/mol. The van der Waals surface area contributed by atoms with Crippen LogP contribution in [0, 0.1) is 6.92 Å². The molecule has 2 aromatic rings. The number of aliphatic hydroxyl groups is 1. The summed E-state index contributed by atoms with van der Waals surface area (Å²) >= 11 is 0. The average Bonchev–Trinajstić information content (AvgIpc) is 2.91. The van der Waals surface area contributed by atoms with Crippen LogP contribution in [0.1, 0.15) is 23.1 Å². The van der Waals surface area contributed by atoms with Crippen LogP contribution < -0.4 is 0 Å². The van der Waals surface area contributed by atoms with E-state index >= 15 is 0 Å². The van der Waals surface area contributed by atoms with E-state index in [1.165, 1.54) is 16.7 Å². The van der Waals surface area contributed by atoms with Crippen LogP contribution in [0.15, 0.2) is 47.3 Å². The lowest BCUT2D eigenvalue weighted by Crippen LogP contribution is -2.24. The molecule has 0 amide bonds. The second-order valence-electron chi connectivity index (χ2n) is 4.91. The molecule has 19 heavy (non-hydrogen) atoms. The number of aliphatic hydroxyl groups excluding tert-OH is 1. The number of furan rings is 1. The van der Waals surface area contributed by atoms with E-state index in [0.29, 0.717) is 0 Å². The minimum atomic E-state index is 0.232. The minimum Gasteiger partial charge on any atom is -0.472 e. The molecule has 1 heterocycles. The van der Waals surface area contributed by atoms with Crippen molar-refractivity contribution in [1.29, 1.82) is 0 Å². The Hall–Kier alpha value is -1.58. The van der Waals surface area contributed by atoms with Gasteiger partial charge in [-0.2, -0.15) is 0 Å². The van der Waals surface area contributed by atoms with E-state index in [1.807, 2.05) is 6.07 Å². The first-order valence-corrected chi connectivity index (χ1v) is 6.68. The Kier molecular flexibility index (Phi) is 5.19. The Bertz CT molecular complexity index is 462. The Morgan fingerprint density at radius 3 is 2.42 bits per heavy atom. The normalized spacial score (nSPS) is 11.1. The van der Waals surface area contributed by atoms with Crippen molar-refractivity contribution in [1.82, 2.24) is 4.90 Å². The third kappa shape index (κ3) is 4.54. The molecule has 0 saturated heterocycles. The molecule has 0 bridgehead atoms. The van der Waals surface area contributed by atoms with Crippen molar-refractivity contribution in [3.63, 3.8) is 0 Å². The van der Waals surface area contributed by atoms with Gasteiger partial charge in [0.2, 0.25) is 0 Å². The first-order valence-electron chi connectivity index (χ1n) is 6.68. The second kappa shape index (κ2) is 7.12. The van der Waals surface area contributed by atoms with Gasteiger partial charge in [-0.15, -0.1) is 0 Å². The molecule has 1 aromatic carbocycles. The quantitative estimate of drug-likeness (QED) is 0.830. The van der Waals surface area contributed by atoms with Crippen LogP contribution in [0.25, 0.3) is 0 Å². The average molecular weight is 259 g/mol. The summed E-state index contributed by atoms with van der Waals surface area (Å²) in [5, 5.41) is 9.00. The SMILES string of the molecule is Cc1ccc(CN(CCCO)Cc2ccoc2)cc1. The van der Waals surface area contributed by atoms with Crippen molar-refractivity contribution >= 4 is 0 Å². The standard InChI is InChI=1S/C16H21NO2/c1-14-3-5-15(6-4-14)11-17(8-2-9-18)12-16-7-10-19-13-16/h3-7,10,13,18H,2,8-9,11-12H2,1H3. The molecule has 1 aromatic heterocycles. The molecule has 0 aliphatic heterocycles. The number of hydrogen-bond donors (Lipinski definition) is 1. The van der Waals surface area contributed by atoms with Gasteiger partial charge in [-0.25, -0.2) is 0 Å². The summed E-state index contributed by atoms with van der Waals surface area (Å²) in [6.45, 7) is 4.96. The van der Waals surface area contributed by atoms with Gasteiger partial charge in [-0.3, -0.25) is 4.90 Å². The van der Waals surface area contributed by atoms with Crippen LogP contribution in [0.4, 0.5) is 0 Å². The largest absolute Gasteiger partial charge is 0.472 e. The van der Waals surface area contributed by atoms with Crippen molar-refractivity contribution < 1.29 is 9.52 Å². The van der Waals surface area contributed by atoms with Crippen molar-refractivity contribution in [2.24, 2.45) is 0 Å². The summed E-state index contributed by atoms with van der Waals surface area (Å²) in [6.07, 6.45) is 4.27. The molecule has 0 unspecified atom stereocenters. The van der Waals surface area contributed by atoms with Crippen LogP contribution in [-0.4, -0.2) is 23.2 Å². The summed E-state index contributed by atoms with van der Waals surface area (Å²) in [5.74, 6) is 0. The maximum atomic E-state index is 9.00. The van der Waals surface area contributed by atoms with E-state index < -0.39 is 0 Å². The predicted octanol–water partition coefficient (Wildman–Crippen LogP) is 2.97. The molecule has 0 aliphatic rings. The zero-order valence-corrected chi connectivity index (χ0v) is 11.4. The topological polar surface area (TPSA) is 36.6 Å². The highest BCUT2D eigenvalue weighted by atomic mass is 16.3. The van der Waals surface area contributed by atoms with Crippen LogP contribution in [0.5, 0.6) is 0 Å². The fourth-order valence-corrected chi connectivity index (χ4v) is 2.10. The van der Waals surface area contributed by atoms with Crippen molar-refractivity contribution in [2.45, 2.75) is 26.4 Å². The molecule has 0 aliphatic carbocycles. The highest BCUT2D eigenvalue weighted by Gasteiger charge is 2.07. The van der Waals surface area contributed by atoms with E-state index in [-0.39, 0.29) is 6.61 Å². The van der Waals surface area contributed by atoms with Gasteiger partial charge in [-0.1, -0.05) is 29.8 Å². The van der Waals surface area contributed by atoms with Crippen LogP contribution in [0.3, 0.4) is 0 Å². The van der Waals surface area contributed by atoms with Crippen LogP contribution in [-0.2, 0) is 13.1 Å². The number of benzene rings is 1. The third-order valence-electron chi connectivity index (χ3n) is 3.15. The number of rotatable bonds is 7. The number of nitrogens with zero attached hydrogens (tertiary/aromatic N) is 1. The Morgan fingerprint density at radius 2 is 1.79 bits per heavy atom. The summed E-state index contributed by atoms with van der Waals surface area (Å²) in [5.41, 5.74) is 3.75. The highest BCUT2D eigenvalue weighted by molar-refractivity contribution is 5.21. The van der Waals surface area contributed by atoms with Crippen molar-refractivity contribution in [3.05, 3.63) is 59.5 Å². The highest BCUT2D eigenvalue weighted by Crippen LogP contribution is 2.11. The predicted molar refractivity (Wildman–Crippen MR) is 75.7 cm³/mol. The first kappa shape index (κ1) is 13.8. The molecule has 1 N–H and O–H groups in total. The summed E-state index contributed by atoms with van der Waals surface area (Å²) < 4.78 is 5.11. The number of hydrogen-bond acceptors (Lipinski definition) is 3. The van der Waals surface area contributed by atoms with Gasteiger partial charge >= 0.3 is 0 Å². The van der Waals surface area contributed by atoms with Crippen molar-refractivity contribution in [3.8, 4) is 0 Å². The summed E-state index contributed by atoms with van der Waals surface area (Å²) in [4.78, 5) is 2.33. The third-order valence-corrected chi connectivity index (χ3v) is 3.15. The maximum absolute atomic E-state index is 9.00. The smallest absolute Gasteiger partial charge is 0.0947 e. The molecule has 0 fully saturated rings. The van der Waals surface area contributed by atoms with E-state index in [4.69, 9.17) is 9.52 Å². The summed E-state index contributed by atoms with van der Waals surface area (Å²) in [7, 11) is 0. The molecule has 0 saturated carbocycles. The Balaban J connectivity index is 1.98. The Labute approximate surface area is 114 Å². The summed E-state index contributed by atoms with van der Waals surface area (Å²) in [6, 6.07) is 10.6. The fourth-order valence-electron chi connectivity index (χ4n) is 2.10. The van der Waals surface area contributed by atoms with Gasteiger partial charge in [0.1, 0.15) is 0 Å². The van der Waals surface area contributed by atoms with Crippen LogP contribution in [0.2, 0.25) is 0 Å². The molecule has 3 heteroatoms. The molecule has 0 radical (unpaired) electrons. The molecule has 0 atom stereocenters. The van der Waals surface area contributed by atoms with Gasteiger partial charge in [0.05, 0.1) is 12.5 Å². The Morgan fingerprint density at radius 1 is 1.05 bits per heavy atom.